The molecule has 10 heteroatoms. The summed E-state index contributed by atoms with van der Waals surface area (Å²) in [4.78, 5) is 12.2. The maximum Gasteiger partial charge on any atom is 0.234 e. The lowest BCUT2D eigenvalue weighted by Gasteiger charge is -2.19. The van der Waals surface area contributed by atoms with E-state index < -0.39 is 0 Å². The molecule has 0 spiro atoms. The average molecular weight is 471 g/mol. The Hall–Kier alpha value is -3.22. The Morgan fingerprint density at radius 2 is 1.97 bits per heavy atom. The van der Waals surface area contributed by atoms with Gasteiger partial charge in [0.2, 0.25) is 11.1 Å². The predicted molar refractivity (Wildman–Crippen MR) is 125 cm³/mol. The summed E-state index contributed by atoms with van der Waals surface area (Å²) in [6.45, 7) is 6.60. The monoisotopic (exact) mass is 470 g/mol. The van der Waals surface area contributed by atoms with Gasteiger partial charge < -0.3 is 15.9 Å². The van der Waals surface area contributed by atoms with Crippen molar-refractivity contribution in [2.45, 2.75) is 37.9 Å². The summed E-state index contributed by atoms with van der Waals surface area (Å²) < 4.78 is 7.07. The average Bonchev–Trinajstić information content (AvgIpc) is 3.10. The maximum absolute atomic E-state index is 12.2. The summed E-state index contributed by atoms with van der Waals surface area (Å²) in [5.41, 5.74) is 2.13. The van der Waals surface area contributed by atoms with Gasteiger partial charge in [0.25, 0.3) is 0 Å². The number of carbonyl (C=O) groups excluding carboxylic acids is 1. The zero-order valence-electron chi connectivity index (χ0n) is 17.9. The van der Waals surface area contributed by atoms with Crippen LogP contribution in [0.4, 0.5) is 5.69 Å². The molecule has 1 amide bonds. The van der Waals surface area contributed by atoms with Crippen LogP contribution in [-0.4, -0.2) is 26.5 Å². The molecule has 166 valence electrons. The van der Waals surface area contributed by atoms with Gasteiger partial charge >= 0.3 is 0 Å². The Bertz CT molecular complexity index is 1150. The number of nitrogens with zero attached hydrogens (tertiary/aromatic N) is 4. The van der Waals surface area contributed by atoms with Crippen LogP contribution in [0.1, 0.15) is 37.7 Å². The second-order valence-corrected chi connectivity index (χ2v) is 9.32. The van der Waals surface area contributed by atoms with Gasteiger partial charge in [-0.1, -0.05) is 56.3 Å². The topological polar surface area (TPSA) is 119 Å². The summed E-state index contributed by atoms with van der Waals surface area (Å²) in [6.07, 6.45) is 0. The zero-order valence-corrected chi connectivity index (χ0v) is 19.5. The highest BCUT2D eigenvalue weighted by atomic mass is 35.5. The van der Waals surface area contributed by atoms with E-state index in [0.29, 0.717) is 28.0 Å². The van der Waals surface area contributed by atoms with Gasteiger partial charge in [-0.2, -0.15) is 5.26 Å². The zero-order chi connectivity index (χ0) is 23.3. The van der Waals surface area contributed by atoms with E-state index in [4.69, 9.17) is 27.4 Å². The number of rotatable bonds is 7. The normalized spacial score (nSPS) is 11.1. The first-order valence-corrected chi connectivity index (χ1v) is 11.1. The minimum Gasteiger partial charge on any atom is -0.486 e. The molecule has 0 unspecified atom stereocenters. The molecule has 2 aromatic carbocycles. The lowest BCUT2D eigenvalue weighted by Crippen LogP contribution is -2.18. The minimum atomic E-state index is -0.268. The fourth-order valence-electron chi connectivity index (χ4n) is 2.71. The van der Waals surface area contributed by atoms with E-state index in [1.54, 1.807) is 12.1 Å². The molecule has 0 aliphatic heterocycles. The Morgan fingerprint density at radius 1 is 1.25 bits per heavy atom. The van der Waals surface area contributed by atoms with Crippen molar-refractivity contribution in [1.82, 2.24) is 14.9 Å². The second-order valence-electron chi connectivity index (χ2n) is 7.98. The van der Waals surface area contributed by atoms with Crippen LogP contribution in [0.3, 0.4) is 0 Å². The van der Waals surface area contributed by atoms with E-state index in [9.17, 15) is 4.79 Å². The third kappa shape index (κ3) is 5.93. The van der Waals surface area contributed by atoms with Gasteiger partial charge in [0.1, 0.15) is 18.4 Å². The molecule has 0 saturated heterocycles. The Morgan fingerprint density at radius 3 is 2.59 bits per heavy atom. The summed E-state index contributed by atoms with van der Waals surface area (Å²) in [5, 5.41) is 20.4. The smallest absolute Gasteiger partial charge is 0.234 e. The molecule has 8 nitrogen and oxygen atoms in total. The quantitative estimate of drug-likeness (QED) is 0.393. The van der Waals surface area contributed by atoms with Crippen LogP contribution in [0.25, 0.3) is 0 Å². The third-order valence-corrected chi connectivity index (χ3v) is 5.78. The standard InChI is InChI=1S/C22H23ClN6O2S/c1-22(2,3)15-5-8-17(9-6-15)31-12-19-27-28-21(29(19)25)32-13-20(30)26-16-7-4-14(11-24)18(23)10-16/h4-10H,12-13,25H2,1-3H3,(H,26,30). The molecular formula is C22H23ClN6O2S. The molecule has 0 bridgehead atoms. The van der Waals surface area contributed by atoms with E-state index in [0.717, 1.165) is 11.8 Å². The molecule has 0 saturated carbocycles. The highest BCUT2D eigenvalue weighted by molar-refractivity contribution is 7.99. The van der Waals surface area contributed by atoms with Gasteiger partial charge in [-0.25, -0.2) is 4.68 Å². The van der Waals surface area contributed by atoms with Gasteiger partial charge in [0.05, 0.1) is 16.3 Å². The predicted octanol–water partition coefficient (Wildman–Crippen LogP) is 4.12. The highest BCUT2D eigenvalue weighted by Crippen LogP contribution is 2.25. The maximum atomic E-state index is 12.2. The fourth-order valence-corrected chi connectivity index (χ4v) is 3.61. The fraction of sp³-hybridized carbons (Fsp3) is 0.273. The van der Waals surface area contributed by atoms with Crippen molar-refractivity contribution in [3.05, 3.63) is 64.4 Å². The SMILES string of the molecule is CC(C)(C)c1ccc(OCc2nnc(SCC(=O)Nc3ccc(C#N)c(Cl)c3)n2N)cc1. The van der Waals surface area contributed by atoms with Crippen molar-refractivity contribution < 1.29 is 9.53 Å². The number of hydrogen-bond donors (Lipinski definition) is 2. The molecule has 32 heavy (non-hydrogen) atoms. The number of hydrogen-bond acceptors (Lipinski definition) is 7. The molecule has 0 radical (unpaired) electrons. The first kappa shape index (κ1) is 23.4. The van der Waals surface area contributed by atoms with Gasteiger partial charge in [-0.15, -0.1) is 10.2 Å². The largest absolute Gasteiger partial charge is 0.486 e. The van der Waals surface area contributed by atoms with Crippen molar-refractivity contribution in [2.75, 3.05) is 16.9 Å². The van der Waals surface area contributed by atoms with Crippen molar-refractivity contribution in [3.63, 3.8) is 0 Å². The van der Waals surface area contributed by atoms with Crippen LogP contribution in [0.2, 0.25) is 5.02 Å². The van der Waals surface area contributed by atoms with E-state index in [1.807, 2.05) is 30.3 Å². The number of thioether (sulfide) groups is 1. The van der Waals surface area contributed by atoms with Gasteiger partial charge in [-0.05, 0) is 41.3 Å². The molecule has 1 aromatic heterocycles. The van der Waals surface area contributed by atoms with E-state index >= 15 is 0 Å². The summed E-state index contributed by atoms with van der Waals surface area (Å²) in [6, 6.07) is 14.5. The third-order valence-electron chi connectivity index (χ3n) is 4.53. The van der Waals surface area contributed by atoms with Crippen molar-refractivity contribution in [3.8, 4) is 11.8 Å². The molecular weight excluding hydrogens is 448 g/mol. The van der Waals surface area contributed by atoms with Crippen LogP contribution in [-0.2, 0) is 16.8 Å². The van der Waals surface area contributed by atoms with Crippen molar-refractivity contribution in [1.29, 1.82) is 5.26 Å². The molecule has 0 atom stereocenters. The number of carbonyl (C=O) groups is 1. The van der Waals surface area contributed by atoms with E-state index in [2.05, 4.69) is 36.3 Å². The molecule has 0 aliphatic carbocycles. The molecule has 1 heterocycles. The molecule has 0 aliphatic rings. The number of aromatic nitrogens is 3. The molecule has 0 fully saturated rings. The molecule has 3 rings (SSSR count). The number of amides is 1. The number of nitrogens with one attached hydrogen (secondary N) is 1. The lowest BCUT2D eigenvalue weighted by atomic mass is 9.87. The summed E-state index contributed by atoms with van der Waals surface area (Å²) in [7, 11) is 0. The van der Waals surface area contributed by atoms with Crippen LogP contribution >= 0.6 is 23.4 Å². The van der Waals surface area contributed by atoms with Crippen molar-refractivity contribution in [2.24, 2.45) is 0 Å². The first-order valence-electron chi connectivity index (χ1n) is 9.72. The molecule has 3 aromatic rings. The number of nitrogens with two attached hydrogens (primary N) is 1. The van der Waals surface area contributed by atoms with Gasteiger partial charge in [0.15, 0.2) is 5.82 Å². The summed E-state index contributed by atoms with van der Waals surface area (Å²) in [5.74, 6) is 6.99. The molecule has 3 N–H and O–H groups in total. The lowest BCUT2D eigenvalue weighted by molar-refractivity contribution is -0.113. The first-order chi connectivity index (χ1) is 15.2. The van der Waals surface area contributed by atoms with Gasteiger partial charge in [-0.3, -0.25) is 4.79 Å². The Kier molecular flexibility index (Phi) is 7.28. The number of anilines is 1. The second kappa shape index (κ2) is 9.94. The number of benzene rings is 2. The Balaban J connectivity index is 1.53. The number of nitriles is 1. The highest BCUT2D eigenvalue weighted by Gasteiger charge is 2.15. The van der Waals surface area contributed by atoms with Crippen LogP contribution in [0.15, 0.2) is 47.6 Å². The van der Waals surface area contributed by atoms with Crippen LogP contribution in [0, 0.1) is 11.3 Å². The van der Waals surface area contributed by atoms with Crippen molar-refractivity contribution >= 4 is 35.0 Å². The van der Waals surface area contributed by atoms with Crippen LogP contribution < -0.4 is 15.9 Å². The Labute approximate surface area is 195 Å². The summed E-state index contributed by atoms with van der Waals surface area (Å²) >= 11 is 7.13. The van der Waals surface area contributed by atoms with Crippen LogP contribution in [0.5, 0.6) is 5.75 Å². The van der Waals surface area contributed by atoms with E-state index in [1.165, 1.54) is 16.3 Å². The van der Waals surface area contributed by atoms with E-state index in [-0.39, 0.29) is 28.7 Å². The number of halogens is 1. The number of ether oxygens (including phenoxy) is 1. The van der Waals surface area contributed by atoms with Gasteiger partial charge in [0, 0.05) is 5.69 Å². The number of nitrogen functional groups attached to an aromatic ring is 1. The minimum absolute atomic E-state index is 0.0702.